The number of esters is 1. The number of ether oxygens (including phenoxy) is 2. The summed E-state index contributed by atoms with van der Waals surface area (Å²) >= 11 is 0. The Hall–Kier alpha value is -2.16. The van der Waals surface area contributed by atoms with Crippen LogP contribution in [0.3, 0.4) is 0 Å². The molecule has 7 nitrogen and oxygen atoms in total. The molecule has 1 aliphatic heterocycles. The molecule has 0 unspecified atom stereocenters. The van der Waals surface area contributed by atoms with Crippen molar-refractivity contribution in [1.29, 1.82) is 0 Å². The molecule has 9 heteroatoms. The van der Waals surface area contributed by atoms with Crippen molar-refractivity contribution in [3.8, 4) is 0 Å². The van der Waals surface area contributed by atoms with Crippen LogP contribution in [0.2, 0.25) is 0 Å². The first-order chi connectivity index (χ1) is 9.87. The molecule has 114 valence electrons. The normalized spacial score (nSPS) is 18.5. The molecule has 1 amide bonds. The fourth-order valence-corrected chi connectivity index (χ4v) is 3.23. The van der Waals surface area contributed by atoms with Crippen LogP contribution in [0.4, 0.5) is 9.18 Å². The largest absolute Gasteiger partial charge is 0.464 e. The molecule has 1 aromatic carbocycles. The molecule has 1 saturated heterocycles. The molecule has 1 aliphatic rings. The minimum Gasteiger partial charge on any atom is -0.464 e. The lowest BCUT2D eigenvalue weighted by Crippen LogP contribution is -2.44. The third kappa shape index (κ3) is 2.82. The van der Waals surface area contributed by atoms with Gasteiger partial charge in [0, 0.05) is 0 Å². The van der Waals surface area contributed by atoms with Gasteiger partial charge in [0.15, 0.2) is 6.04 Å². The Balaban J connectivity index is 2.38. The summed E-state index contributed by atoms with van der Waals surface area (Å²) in [6.45, 7) is 1.17. The van der Waals surface area contributed by atoms with Crippen LogP contribution in [0, 0.1) is 5.82 Å². The van der Waals surface area contributed by atoms with Crippen molar-refractivity contribution in [2.75, 3.05) is 13.2 Å². The minimum absolute atomic E-state index is 0.0357. The first-order valence-electron chi connectivity index (χ1n) is 6.01. The van der Waals surface area contributed by atoms with E-state index in [1.807, 2.05) is 0 Å². The minimum atomic E-state index is -4.33. The number of halogens is 1. The topological polar surface area (TPSA) is 90.0 Å². The summed E-state index contributed by atoms with van der Waals surface area (Å²) in [6, 6.07) is 2.49. The lowest BCUT2D eigenvalue weighted by atomic mass is 10.3. The third-order valence-electron chi connectivity index (χ3n) is 2.76. The number of cyclic esters (lactones) is 1. The predicted molar refractivity (Wildman–Crippen MR) is 67.2 cm³/mol. The summed E-state index contributed by atoms with van der Waals surface area (Å²) in [7, 11) is -4.33. The highest BCUT2D eigenvalue weighted by Gasteiger charge is 2.47. The lowest BCUT2D eigenvalue weighted by Gasteiger charge is -2.19. The van der Waals surface area contributed by atoms with Crippen molar-refractivity contribution in [3.05, 3.63) is 30.1 Å². The third-order valence-corrected chi connectivity index (χ3v) is 4.55. The Kier molecular flexibility index (Phi) is 4.12. The summed E-state index contributed by atoms with van der Waals surface area (Å²) < 4.78 is 47.2. The Morgan fingerprint density at radius 3 is 2.62 bits per heavy atom. The van der Waals surface area contributed by atoms with Crippen LogP contribution >= 0.6 is 0 Å². The highest BCUT2D eigenvalue weighted by Crippen LogP contribution is 2.24. The van der Waals surface area contributed by atoms with Gasteiger partial charge in [-0.1, -0.05) is 0 Å². The molecular formula is C12H12FNO6S. The molecule has 0 spiro atoms. The fraction of sp³-hybridized carbons (Fsp3) is 0.333. The summed E-state index contributed by atoms with van der Waals surface area (Å²) in [6.07, 6.45) is -1.17. The van der Waals surface area contributed by atoms with Crippen LogP contribution in [-0.2, 0) is 24.3 Å². The van der Waals surface area contributed by atoms with Crippen LogP contribution in [0.25, 0.3) is 0 Å². The van der Waals surface area contributed by atoms with Crippen molar-refractivity contribution >= 4 is 22.1 Å². The Morgan fingerprint density at radius 2 is 2.05 bits per heavy atom. The van der Waals surface area contributed by atoms with E-state index in [-0.39, 0.29) is 11.5 Å². The average Bonchev–Trinajstić information content (AvgIpc) is 2.82. The first-order valence-corrected chi connectivity index (χ1v) is 7.45. The predicted octanol–water partition coefficient (Wildman–Crippen LogP) is 0.898. The van der Waals surface area contributed by atoms with Gasteiger partial charge in [-0.05, 0) is 31.2 Å². The van der Waals surface area contributed by atoms with Crippen molar-refractivity contribution in [1.82, 2.24) is 4.31 Å². The van der Waals surface area contributed by atoms with Gasteiger partial charge in [0.2, 0.25) is 0 Å². The second-order valence-corrected chi connectivity index (χ2v) is 5.91. The number of benzene rings is 1. The van der Waals surface area contributed by atoms with Gasteiger partial charge in [-0.15, -0.1) is 0 Å². The fourth-order valence-electron chi connectivity index (χ4n) is 1.80. The van der Waals surface area contributed by atoms with E-state index < -0.39 is 40.6 Å². The number of carbonyl (C=O) groups is 2. The SMILES string of the molecule is CCOC(=O)[C@@H]1COC(=O)N1S(=O)(=O)c1ccc(F)cc1. The molecule has 0 radical (unpaired) electrons. The van der Waals surface area contributed by atoms with E-state index in [1.165, 1.54) is 0 Å². The van der Waals surface area contributed by atoms with E-state index in [4.69, 9.17) is 4.74 Å². The Labute approximate surface area is 120 Å². The van der Waals surface area contributed by atoms with Gasteiger partial charge in [-0.3, -0.25) is 0 Å². The van der Waals surface area contributed by atoms with Crippen LogP contribution < -0.4 is 0 Å². The molecule has 1 fully saturated rings. The molecule has 0 saturated carbocycles. The number of rotatable bonds is 4. The summed E-state index contributed by atoms with van der Waals surface area (Å²) in [5.74, 6) is -1.51. The maximum atomic E-state index is 12.9. The molecular weight excluding hydrogens is 305 g/mol. The van der Waals surface area contributed by atoms with Crippen LogP contribution in [0.1, 0.15) is 6.92 Å². The number of nitrogens with zero attached hydrogens (tertiary/aromatic N) is 1. The lowest BCUT2D eigenvalue weighted by molar-refractivity contribution is -0.146. The first kappa shape index (κ1) is 15.2. The van der Waals surface area contributed by atoms with Gasteiger partial charge in [-0.2, -0.15) is 4.31 Å². The number of hydrogen-bond acceptors (Lipinski definition) is 6. The number of hydrogen-bond donors (Lipinski definition) is 0. The Bertz CT molecular complexity index is 657. The van der Waals surface area contributed by atoms with Crippen LogP contribution in [0.5, 0.6) is 0 Å². The molecule has 1 aromatic rings. The van der Waals surface area contributed by atoms with Crippen molar-refractivity contribution in [3.63, 3.8) is 0 Å². The quantitative estimate of drug-likeness (QED) is 0.766. The number of carbonyl (C=O) groups excluding carboxylic acids is 2. The van der Waals surface area contributed by atoms with Crippen molar-refractivity contribution < 1.29 is 31.9 Å². The monoisotopic (exact) mass is 317 g/mol. The average molecular weight is 317 g/mol. The van der Waals surface area contributed by atoms with E-state index >= 15 is 0 Å². The van der Waals surface area contributed by atoms with Crippen LogP contribution in [0.15, 0.2) is 29.2 Å². The molecule has 1 atom stereocenters. The van der Waals surface area contributed by atoms with Gasteiger partial charge >= 0.3 is 12.1 Å². The van der Waals surface area contributed by atoms with Gasteiger partial charge < -0.3 is 9.47 Å². The van der Waals surface area contributed by atoms with E-state index in [0.29, 0.717) is 4.31 Å². The molecule has 0 N–H and O–H groups in total. The van der Waals surface area contributed by atoms with Gasteiger partial charge in [0.25, 0.3) is 10.0 Å². The van der Waals surface area contributed by atoms with E-state index in [1.54, 1.807) is 6.92 Å². The molecule has 0 bridgehead atoms. The van der Waals surface area contributed by atoms with Crippen LogP contribution in [-0.4, -0.2) is 44.0 Å². The smallest absolute Gasteiger partial charge is 0.424 e. The number of amides is 1. The second kappa shape index (κ2) is 5.68. The molecule has 21 heavy (non-hydrogen) atoms. The summed E-state index contributed by atoms with van der Waals surface area (Å²) in [5, 5.41) is 0. The van der Waals surface area contributed by atoms with E-state index in [9.17, 15) is 22.4 Å². The highest BCUT2D eigenvalue weighted by molar-refractivity contribution is 7.89. The second-order valence-electron chi connectivity index (χ2n) is 4.10. The highest BCUT2D eigenvalue weighted by atomic mass is 32.2. The standard InChI is InChI=1S/C12H12FNO6S/c1-2-19-11(15)10-7-20-12(16)14(10)21(17,18)9-5-3-8(13)4-6-9/h3-6,10H,2,7H2,1H3/t10-/m0/s1. The van der Waals surface area contributed by atoms with E-state index in [0.717, 1.165) is 24.3 Å². The zero-order valence-electron chi connectivity index (χ0n) is 11.0. The summed E-state index contributed by atoms with van der Waals surface area (Å²) in [4.78, 5) is 23.0. The molecule has 0 aliphatic carbocycles. The van der Waals surface area contributed by atoms with Gasteiger partial charge in [0.05, 0.1) is 11.5 Å². The summed E-state index contributed by atoms with van der Waals surface area (Å²) in [5.41, 5.74) is 0. The van der Waals surface area contributed by atoms with Crippen molar-refractivity contribution in [2.45, 2.75) is 17.9 Å². The molecule has 2 rings (SSSR count). The maximum Gasteiger partial charge on any atom is 0.424 e. The zero-order valence-corrected chi connectivity index (χ0v) is 11.8. The maximum absolute atomic E-state index is 12.9. The molecule has 1 heterocycles. The van der Waals surface area contributed by atoms with Crippen molar-refractivity contribution in [2.24, 2.45) is 0 Å². The zero-order chi connectivity index (χ0) is 15.6. The van der Waals surface area contributed by atoms with Gasteiger partial charge in [-0.25, -0.2) is 22.4 Å². The Morgan fingerprint density at radius 1 is 1.43 bits per heavy atom. The van der Waals surface area contributed by atoms with Gasteiger partial charge in [0.1, 0.15) is 12.4 Å². The molecule has 0 aromatic heterocycles. The number of sulfonamides is 1. The van der Waals surface area contributed by atoms with E-state index in [2.05, 4.69) is 4.74 Å².